The Morgan fingerprint density at radius 3 is 2.48 bits per heavy atom. The van der Waals surface area contributed by atoms with Gasteiger partial charge in [-0.15, -0.1) is 0 Å². The first-order valence-electron chi connectivity index (χ1n) is 7.14. The van der Waals surface area contributed by atoms with Crippen molar-refractivity contribution in [1.82, 2.24) is 9.97 Å². The van der Waals surface area contributed by atoms with E-state index in [2.05, 4.69) is 64.2 Å². The van der Waals surface area contributed by atoms with Crippen LogP contribution in [0.4, 0.5) is 0 Å². The van der Waals surface area contributed by atoms with E-state index in [4.69, 9.17) is 4.98 Å². The number of pyridine rings is 2. The van der Waals surface area contributed by atoms with Gasteiger partial charge in [-0.2, -0.15) is 0 Å². The molecule has 0 aliphatic rings. The Kier molecular flexibility index (Phi) is 5.07. The summed E-state index contributed by atoms with van der Waals surface area (Å²) in [5.74, 6) is 0. The number of fused-ring (bicyclic) bond motifs is 1. The van der Waals surface area contributed by atoms with Crippen LogP contribution in [0, 0.1) is 13.8 Å². The van der Waals surface area contributed by atoms with Gasteiger partial charge in [0.1, 0.15) is 0 Å². The predicted molar refractivity (Wildman–Crippen MR) is 93.5 cm³/mol. The van der Waals surface area contributed by atoms with Gasteiger partial charge >= 0.3 is 0 Å². The van der Waals surface area contributed by atoms with Crippen LogP contribution >= 0.6 is 15.9 Å². The summed E-state index contributed by atoms with van der Waals surface area (Å²) >= 11 is 3.52. The largest absolute Gasteiger partial charge is 0.258 e. The van der Waals surface area contributed by atoms with Gasteiger partial charge in [0.25, 0.3) is 0 Å². The Balaban J connectivity index is 0.000000774. The average Bonchev–Trinajstić information content (AvgIpc) is 2.53. The second-order valence-electron chi connectivity index (χ2n) is 4.65. The molecule has 0 aliphatic carbocycles. The van der Waals surface area contributed by atoms with Crippen molar-refractivity contribution < 1.29 is 0 Å². The smallest absolute Gasteiger partial charge is 0.0933 e. The van der Waals surface area contributed by atoms with Crippen LogP contribution < -0.4 is 0 Å². The summed E-state index contributed by atoms with van der Waals surface area (Å²) < 4.78 is 0.983. The lowest BCUT2D eigenvalue weighted by Crippen LogP contribution is -1.91. The molecule has 2 aromatic heterocycles. The van der Waals surface area contributed by atoms with Crippen LogP contribution in [0.2, 0.25) is 0 Å². The highest BCUT2D eigenvalue weighted by molar-refractivity contribution is 9.10. The van der Waals surface area contributed by atoms with Crippen LogP contribution in [-0.2, 0) is 0 Å². The molecule has 3 rings (SSSR count). The molecule has 0 saturated heterocycles. The minimum Gasteiger partial charge on any atom is -0.258 e. The zero-order valence-electron chi connectivity index (χ0n) is 12.8. The van der Waals surface area contributed by atoms with Crippen molar-refractivity contribution in [2.75, 3.05) is 0 Å². The van der Waals surface area contributed by atoms with E-state index in [0.717, 1.165) is 32.3 Å². The van der Waals surface area contributed by atoms with Gasteiger partial charge < -0.3 is 0 Å². The molecule has 0 saturated carbocycles. The molecule has 0 amide bonds. The van der Waals surface area contributed by atoms with Crippen LogP contribution in [0.5, 0.6) is 0 Å². The second-order valence-corrected chi connectivity index (χ2v) is 5.51. The first kappa shape index (κ1) is 15.6. The number of rotatable bonds is 1. The number of aryl methyl sites for hydroxylation is 2. The van der Waals surface area contributed by atoms with Gasteiger partial charge in [-0.3, -0.25) is 4.98 Å². The molecule has 0 bridgehead atoms. The average molecular weight is 343 g/mol. The summed E-state index contributed by atoms with van der Waals surface area (Å²) in [6, 6.07) is 12.5. The molecule has 0 fully saturated rings. The van der Waals surface area contributed by atoms with E-state index in [1.165, 1.54) is 5.56 Å². The van der Waals surface area contributed by atoms with Crippen molar-refractivity contribution in [2.45, 2.75) is 27.7 Å². The fourth-order valence-electron chi connectivity index (χ4n) is 2.18. The third-order valence-corrected chi connectivity index (χ3v) is 3.81. The summed E-state index contributed by atoms with van der Waals surface area (Å²) in [4.78, 5) is 9.10. The highest BCUT2D eigenvalue weighted by atomic mass is 79.9. The third-order valence-electron chi connectivity index (χ3n) is 3.18. The van der Waals surface area contributed by atoms with Crippen LogP contribution in [0.3, 0.4) is 0 Å². The highest BCUT2D eigenvalue weighted by Crippen LogP contribution is 2.27. The lowest BCUT2D eigenvalue weighted by atomic mass is 10.1. The summed E-state index contributed by atoms with van der Waals surface area (Å²) in [5, 5.41) is 1.10. The molecule has 0 aliphatic heterocycles. The van der Waals surface area contributed by atoms with Gasteiger partial charge in [-0.1, -0.05) is 37.6 Å². The van der Waals surface area contributed by atoms with Crippen LogP contribution in [0.15, 0.2) is 47.1 Å². The standard InChI is InChI=1S/C16H13BrN2.C2H6/c1-10-4-3-5-12(8-10)15-7-6-13-14(17)9-18-11(2)16(13)19-15;1-2/h3-9H,1-2H3;1-2H3. The van der Waals surface area contributed by atoms with Gasteiger partial charge in [0.15, 0.2) is 0 Å². The maximum atomic E-state index is 4.75. The first-order chi connectivity index (χ1) is 10.1. The van der Waals surface area contributed by atoms with Crippen LogP contribution in [0.1, 0.15) is 25.1 Å². The molecule has 3 aromatic rings. The molecule has 0 unspecified atom stereocenters. The third kappa shape index (κ3) is 3.30. The van der Waals surface area contributed by atoms with E-state index >= 15 is 0 Å². The molecule has 3 heteroatoms. The minimum absolute atomic E-state index is 0.952. The Morgan fingerprint density at radius 1 is 1.00 bits per heavy atom. The van der Waals surface area contributed by atoms with Crippen LogP contribution in [-0.4, -0.2) is 9.97 Å². The van der Waals surface area contributed by atoms with Gasteiger partial charge in [0, 0.05) is 21.6 Å². The number of halogens is 1. The lowest BCUT2D eigenvalue weighted by molar-refractivity contribution is 1.20. The topological polar surface area (TPSA) is 25.8 Å². The minimum atomic E-state index is 0.952. The van der Waals surface area contributed by atoms with Gasteiger partial charge in [-0.05, 0) is 48.0 Å². The van der Waals surface area contributed by atoms with Gasteiger partial charge in [0.05, 0.1) is 16.9 Å². The Labute approximate surface area is 134 Å². The number of nitrogens with zero attached hydrogens (tertiary/aromatic N) is 2. The van der Waals surface area contributed by atoms with Crippen molar-refractivity contribution in [3.63, 3.8) is 0 Å². The van der Waals surface area contributed by atoms with E-state index in [9.17, 15) is 0 Å². The fraction of sp³-hybridized carbons (Fsp3) is 0.222. The molecular formula is C18H19BrN2. The summed E-state index contributed by atoms with van der Waals surface area (Å²) in [7, 11) is 0. The number of benzene rings is 1. The quantitative estimate of drug-likeness (QED) is 0.566. The number of aromatic nitrogens is 2. The van der Waals surface area contributed by atoms with Crippen molar-refractivity contribution in [2.24, 2.45) is 0 Å². The highest BCUT2D eigenvalue weighted by Gasteiger charge is 2.07. The molecule has 21 heavy (non-hydrogen) atoms. The van der Waals surface area contributed by atoms with E-state index in [-0.39, 0.29) is 0 Å². The normalized spacial score (nSPS) is 10.1. The first-order valence-corrected chi connectivity index (χ1v) is 7.93. The maximum absolute atomic E-state index is 4.75. The molecule has 108 valence electrons. The SMILES string of the molecule is CC.Cc1cccc(-c2ccc3c(Br)cnc(C)c3n2)c1. The molecule has 2 heterocycles. The molecule has 2 nitrogen and oxygen atoms in total. The molecule has 0 spiro atoms. The molecule has 0 radical (unpaired) electrons. The van der Waals surface area contributed by atoms with Gasteiger partial charge in [0.2, 0.25) is 0 Å². The van der Waals surface area contributed by atoms with Gasteiger partial charge in [-0.25, -0.2) is 4.98 Å². The summed E-state index contributed by atoms with van der Waals surface area (Å²) in [5.41, 5.74) is 5.27. The van der Waals surface area contributed by atoms with Crippen molar-refractivity contribution >= 4 is 26.8 Å². The van der Waals surface area contributed by atoms with Crippen LogP contribution in [0.25, 0.3) is 22.2 Å². The molecule has 1 aromatic carbocycles. The maximum Gasteiger partial charge on any atom is 0.0933 e. The number of hydrogen-bond acceptors (Lipinski definition) is 2. The molecular weight excluding hydrogens is 324 g/mol. The zero-order valence-corrected chi connectivity index (χ0v) is 14.4. The Hall–Kier alpha value is -1.74. The van der Waals surface area contributed by atoms with Crippen molar-refractivity contribution in [1.29, 1.82) is 0 Å². The molecule has 0 N–H and O–H groups in total. The van der Waals surface area contributed by atoms with Crippen molar-refractivity contribution in [3.05, 3.63) is 58.3 Å². The van der Waals surface area contributed by atoms with E-state index in [1.807, 2.05) is 27.0 Å². The number of hydrogen-bond donors (Lipinski definition) is 0. The van der Waals surface area contributed by atoms with E-state index in [0.29, 0.717) is 0 Å². The Bertz CT molecular complexity index is 766. The summed E-state index contributed by atoms with van der Waals surface area (Å²) in [6.45, 7) is 8.08. The van der Waals surface area contributed by atoms with Crippen molar-refractivity contribution in [3.8, 4) is 11.3 Å². The Morgan fingerprint density at radius 2 is 1.76 bits per heavy atom. The lowest BCUT2D eigenvalue weighted by Gasteiger charge is -2.07. The zero-order chi connectivity index (χ0) is 15.4. The molecule has 0 atom stereocenters. The van der Waals surface area contributed by atoms with E-state index < -0.39 is 0 Å². The predicted octanol–water partition coefficient (Wildman–Crippen LogP) is 5.70. The van der Waals surface area contributed by atoms with E-state index in [1.54, 1.807) is 0 Å². The summed E-state index contributed by atoms with van der Waals surface area (Å²) in [6.07, 6.45) is 1.83. The monoisotopic (exact) mass is 342 g/mol. The fourth-order valence-corrected chi connectivity index (χ4v) is 2.60. The second kappa shape index (κ2) is 6.81.